The molecule has 3 aliphatic rings. The van der Waals surface area contributed by atoms with Crippen molar-refractivity contribution >= 4 is 11.9 Å². The number of amides is 1. The SMILES string of the molecule is COC(=O)C1(C)CCCC2(C)C3CCC(=CC(=O)N(C)CCO)C(C)C3C(O)CC12. The van der Waals surface area contributed by atoms with Crippen molar-refractivity contribution < 1.29 is 24.5 Å². The number of esters is 1. The maximum atomic E-state index is 12.7. The number of methoxy groups -OCH3 is 1. The van der Waals surface area contributed by atoms with Crippen LogP contribution in [0.5, 0.6) is 0 Å². The van der Waals surface area contributed by atoms with E-state index in [0.717, 1.165) is 37.7 Å². The standard InChI is InChI=1S/C24H39NO5/c1-15-16(13-20(28)25(4)11-12-26)7-8-17-21(15)18(27)14-19-23(17,2)9-6-10-24(19,3)22(29)30-5/h13,15,17-19,21,26-27H,6-12,14H2,1-5H3. The number of aliphatic hydroxyl groups is 2. The monoisotopic (exact) mass is 421 g/mol. The zero-order valence-corrected chi connectivity index (χ0v) is 19.2. The Morgan fingerprint density at radius 3 is 2.63 bits per heavy atom. The molecule has 30 heavy (non-hydrogen) atoms. The highest BCUT2D eigenvalue weighted by molar-refractivity contribution is 5.88. The summed E-state index contributed by atoms with van der Waals surface area (Å²) < 4.78 is 5.19. The molecule has 0 aliphatic heterocycles. The molecule has 0 heterocycles. The summed E-state index contributed by atoms with van der Waals surface area (Å²) in [7, 11) is 3.16. The van der Waals surface area contributed by atoms with Gasteiger partial charge in [-0.3, -0.25) is 9.59 Å². The van der Waals surface area contributed by atoms with Gasteiger partial charge in [0.15, 0.2) is 0 Å². The van der Waals surface area contributed by atoms with Gasteiger partial charge in [0.1, 0.15) is 0 Å². The largest absolute Gasteiger partial charge is 0.469 e. The molecule has 0 aromatic carbocycles. The Morgan fingerprint density at radius 2 is 2.00 bits per heavy atom. The van der Waals surface area contributed by atoms with Crippen molar-refractivity contribution in [2.75, 3.05) is 27.3 Å². The van der Waals surface area contributed by atoms with Crippen molar-refractivity contribution in [1.29, 1.82) is 0 Å². The third kappa shape index (κ3) is 3.70. The summed E-state index contributed by atoms with van der Waals surface area (Å²) >= 11 is 0. The predicted molar refractivity (Wildman–Crippen MR) is 114 cm³/mol. The smallest absolute Gasteiger partial charge is 0.311 e. The summed E-state index contributed by atoms with van der Waals surface area (Å²) in [5, 5.41) is 20.3. The molecular weight excluding hydrogens is 382 g/mol. The van der Waals surface area contributed by atoms with Crippen molar-refractivity contribution in [3.8, 4) is 0 Å². The lowest BCUT2D eigenvalue weighted by Gasteiger charge is -2.62. The van der Waals surface area contributed by atoms with Gasteiger partial charge in [-0.05, 0) is 68.1 Å². The zero-order valence-electron chi connectivity index (χ0n) is 19.2. The van der Waals surface area contributed by atoms with E-state index in [1.807, 2.05) is 6.92 Å². The van der Waals surface area contributed by atoms with Crippen molar-refractivity contribution in [2.24, 2.45) is 34.5 Å². The van der Waals surface area contributed by atoms with Gasteiger partial charge in [-0.25, -0.2) is 0 Å². The van der Waals surface area contributed by atoms with Crippen LogP contribution in [-0.4, -0.2) is 60.4 Å². The number of aliphatic hydroxyl groups excluding tert-OH is 2. The zero-order chi connectivity index (χ0) is 22.3. The van der Waals surface area contributed by atoms with Crippen LogP contribution < -0.4 is 0 Å². The normalized spacial score (nSPS) is 42.2. The molecule has 0 aromatic heterocycles. The molecule has 2 N–H and O–H groups in total. The molecule has 3 rings (SSSR count). The Hall–Kier alpha value is -1.40. The van der Waals surface area contributed by atoms with Crippen molar-refractivity contribution in [3.05, 3.63) is 11.6 Å². The van der Waals surface area contributed by atoms with Crippen LogP contribution in [0.15, 0.2) is 11.6 Å². The Morgan fingerprint density at radius 1 is 1.30 bits per heavy atom. The maximum absolute atomic E-state index is 12.7. The van der Waals surface area contributed by atoms with Crippen molar-refractivity contribution in [2.45, 2.75) is 65.4 Å². The van der Waals surface area contributed by atoms with Crippen LogP contribution in [0.3, 0.4) is 0 Å². The van der Waals surface area contributed by atoms with E-state index in [4.69, 9.17) is 9.84 Å². The molecule has 7 atom stereocenters. The third-order valence-electron chi connectivity index (χ3n) is 8.89. The van der Waals surface area contributed by atoms with Gasteiger partial charge in [-0.2, -0.15) is 0 Å². The minimum absolute atomic E-state index is 0.0113. The molecule has 3 aliphatic carbocycles. The van der Waals surface area contributed by atoms with Crippen LogP contribution in [0, 0.1) is 34.5 Å². The number of hydrogen-bond donors (Lipinski definition) is 2. The summed E-state index contributed by atoms with van der Waals surface area (Å²) in [6, 6.07) is 0. The molecule has 0 spiro atoms. The second-order valence-electron chi connectivity index (χ2n) is 10.3. The van der Waals surface area contributed by atoms with E-state index in [0.29, 0.717) is 18.9 Å². The van der Waals surface area contributed by atoms with Crippen LogP contribution in [0.2, 0.25) is 0 Å². The second-order valence-corrected chi connectivity index (χ2v) is 10.3. The van der Waals surface area contributed by atoms with Crippen LogP contribution in [0.25, 0.3) is 0 Å². The van der Waals surface area contributed by atoms with Gasteiger partial charge in [0, 0.05) is 19.7 Å². The number of rotatable bonds is 4. The predicted octanol–water partition coefficient (Wildman–Crippen LogP) is 2.78. The topological polar surface area (TPSA) is 87.1 Å². The Kier molecular flexibility index (Phi) is 6.68. The fourth-order valence-corrected chi connectivity index (χ4v) is 7.20. The second kappa shape index (κ2) is 8.62. The number of hydrogen-bond acceptors (Lipinski definition) is 5. The molecular formula is C24H39NO5. The molecule has 0 radical (unpaired) electrons. The lowest BCUT2D eigenvalue weighted by molar-refractivity contribution is -0.189. The van der Waals surface area contributed by atoms with Crippen molar-refractivity contribution in [3.63, 3.8) is 0 Å². The van der Waals surface area contributed by atoms with E-state index >= 15 is 0 Å². The lowest BCUT2D eigenvalue weighted by atomic mass is 9.42. The number of carbonyl (C=O) groups excluding carboxylic acids is 2. The van der Waals surface area contributed by atoms with Gasteiger partial charge < -0.3 is 19.8 Å². The molecule has 6 nitrogen and oxygen atoms in total. The van der Waals surface area contributed by atoms with Gasteiger partial charge in [0.2, 0.25) is 5.91 Å². The summed E-state index contributed by atoms with van der Waals surface area (Å²) in [6.07, 6.45) is 6.50. The fourth-order valence-electron chi connectivity index (χ4n) is 7.20. The first kappa shape index (κ1) is 23.3. The highest BCUT2D eigenvalue weighted by atomic mass is 16.5. The van der Waals surface area contributed by atoms with Gasteiger partial charge in [0.05, 0.1) is 25.2 Å². The van der Waals surface area contributed by atoms with Crippen LogP contribution in [0.1, 0.15) is 59.3 Å². The van der Waals surface area contributed by atoms with Crippen LogP contribution in [0.4, 0.5) is 0 Å². The highest BCUT2D eigenvalue weighted by Crippen LogP contribution is 2.65. The molecule has 3 saturated carbocycles. The van der Waals surface area contributed by atoms with E-state index in [-0.39, 0.29) is 41.7 Å². The number of ether oxygens (including phenoxy) is 1. The van der Waals surface area contributed by atoms with Gasteiger partial charge in [0.25, 0.3) is 0 Å². The van der Waals surface area contributed by atoms with Crippen LogP contribution >= 0.6 is 0 Å². The first-order valence-electron chi connectivity index (χ1n) is 11.4. The number of likely N-dealkylation sites (N-methyl/N-ethyl adjacent to an activating group) is 1. The minimum Gasteiger partial charge on any atom is -0.469 e. The molecule has 1 amide bonds. The Labute approximate surface area is 180 Å². The Bertz CT molecular complexity index is 706. The molecule has 0 bridgehead atoms. The van der Waals surface area contributed by atoms with Gasteiger partial charge >= 0.3 is 5.97 Å². The third-order valence-corrected chi connectivity index (χ3v) is 8.89. The maximum Gasteiger partial charge on any atom is 0.311 e. The number of fused-ring (bicyclic) bond motifs is 3. The summed E-state index contributed by atoms with van der Waals surface area (Å²) in [5.74, 6) is 0.419. The van der Waals surface area contributed by atoms with Crippen molar-refractivity contribution in [1.82, 2.24) is 4.90 Å². The minimum atomic E-state index is -0.546. The molecule has 7 unspecified atom stereocenters. The summed E-state index contributed by atoms with van der Waals surface area (Å²) in [6.45, 7) is 6.75. The average Bonchev–Trinajstić information content (AvgIpc) is 2.70. The first-order chi connectivity index (χ1) is 14.1. The first-order valence-corrected chi connectivity index (χ1v) is 11.4. The van der Waals surface area contributed by atoms with Gasteiger partial charge in [-0.15, -0.1) is 0 Å². The van der Waals surface area contributed by atoms with Gasteiger partial charge in [-0.1, -0.05) is 25.8 Å². The number of carbonyl (C=O) groups is 2. The molecule has 170 valence electrons. The summed E-state index contributed by atoms with van der Waals surface area (Å²) in [4.78, 5) is 26.8. The van der Waals surface area contributed by atoms with E-state index < -0.39 is 11.5 Å². The average molecular weight is 422 g/mol. The number of nitrogens with zero attached hydrogens (tertiary/aromatic N) is 1. The highest BCUT2D eigenvalue weighted by Gasteiger charge is 2.62. The van der Waals surface area contributed by atoms with E-state index in [2.05, 4.69) is 13.8 Å². The lowest BCUT2D eigenvalue weighted by Crippen LogP contribution is -2.60. The molecule has 3 fully saturated rings. The summed E-state index contributed by atoms with van der Waals surface area (Å²) in [5.41, 5.74) is 0.539. The molecule has 6 heteroatoms. The van der Waals surface area contributed by atoms with E-state index in [9.17, 15) is 14.7 Å². The van der Waals surface area contributed by atoms with E-state index in [1.165, 1.54) is 12.0 Å². The molecule has 0 aromatic rings. The Balaban J connectivity index is 1.88. The van der Waals surface area contributed by atoms with Crippen LogP contribution in [-0.2, 0) is 14.3 Å². The number of allylic oxidation sites excluding steroid dienone is 1. The molecule has 0 saturated heterocycles. The van der Waals surface area contributed by atoms with E-state index in [1.54, 1.807) is 13.1 Å². The fraction of sp³-hybridized carbons (Fsp3) is 0.833. The quantitative estimate of drug-likeness (QED) is 0.538.